The van der Waals surface area contributed by atoms with Gasteiger partial charge in [-0.1, -0.05) is 5.16 Å². The van der Waals surface area contributed by atoms with E-state index in [0.29, 0.717) is 11.8 Å². The smallest absolute Gasteiger partial charge is 0.244 e. The molecule has 0 radical (unpaired) electrons. The molecule has 9 heteroatoms. The third kappa shape index (κ3) is 3.17. The lowest BCUT2D eigenvalue weighted by Gasteiger charge is -2.08. The number of aromatic nitrogens is 1. The summed E-state index contributed by atoms with van der Waals surface area (Å²) in [5.41, 5.74) is 0.335. The topological polar surface area (TPSA) is 72.2 Å². The summed E-state index contributed by atoms with van der Waals surface area (Å²) in [6, 6.07) is 2.82. The van der Waals surface area contributed by atoms with Crippen molar-refractivity contribution < 1.29 is 21.7 Å². The van der Waals surface area contributed by atoms with E-state index in [-0.39, 0.29) is 11.0 Å². The Balaban J connectivity index is 2.29. The van der Waals surface area contributed by atoms with Gasteiger partial charge in [-0.3, -0.25) is 0 Å². The van der Waals surface area contributed by atoms with E-state index in [2.05, 4.69) is 30.3 Å². The molecule has 0 saturated carbocycles. The number of hydrogen-bond acceptors (Lipinski definition) is 4. The van der Waals surface area contributed by atoms with Gasteiger partial charge >= 0.3 is 0 Å². The van der Waals surface area contributed by atoms with Crippen LogP contribution in [-0.4, -0.2) is 13.6 Å². The summed E-state index contributed by atoms with van der Waals surface area (Å²) >= 11 is 2.82. The van der Waals surface area contributed by atoms with Gasteiger partial charge in [-0.2, -0.15) is 0 Å². The van der Waals surface area contributed by atoms with E-state index in [1.54, 1.807) is 0 Å². The maximum Gasteiger partial charge on any atom is 0.244 e. The van der Waals surface area contributed by atoms with Crippen molar-refractivity contribution in [3.8, 4) is 0 Å². The normalized spacial score (nSPS) is 11.7. The first-order chi connectivity index (χ1) is 8.90. The second-order valence-electron chi connectivity index (χ2n) is 3.51. The zero-order valence-electron chi connectivity index (χ0n) is 9.23. The van der Waals surface area contributed by atoms with E-state index < -0.39 is 26.6 Å². The van der Waals surface area contributed by atoms with Gasteiger partial charge < -0.3 is 4.52 Å². The second kappa shape index (κ2) is 5.35. The number of nitrogens with one attached hydrogen (secondary N) is 1. The van der Waals surface area contributed by atoms with Crippen LogP contribution < -0.4 is 4.72 Å². The molecule has 2 aromatic rings. The molecule has 1 heterocycles. The summed E-state index contributed by atoms with van der Waals surface area (Å²) in [5.74, 6) is -2.06. The molecule has 0 aliphatic carbocycles. The third-order valence-electron chi connectivity index (χ3n) is 2.17. The zero-order chi connectivity index (χ0) is 14.0. The molecular formula is C10H7BrF2N2O3S. The molecule has 0 aliphatic heterocycles. The van der Waals surface area contributed by atoms with Crippen molar-refractivity contribution >= 4 is 26.0 Å². The van der Waals surface area contributed by atoms with Crippen LogP contribution in [0.15, 0.2) is 38.4 Å². The summed E-state index contributed by atoms with van der Waals surface area (Å²) in [6.07, 6.45) is 1.28. The first-order valence-electron chi connectivity index (χ1n) is 4.93. The Labute approximate surface area is 115 Å². The lowest BCUT2D eigenvalue weighted by atomic mass is 10.3. The molecule has 0 unspecified atom stereocenters. The fraction of sp³-hybridized carbons (Fsp3) is 0.100. The molecule has 0 amide bonds. The summed E-state index contributed by atoms with van der Waals surface area (Å²) < 4.78 is 56.8. The van der Waals surface area contributed by atoms with Crippen LogP contribution in [0.5, 0.6) is 0 Å². The van der Waals surface area contributed by atoms with Crippen LogP contribution >= 0.6 is 15.9 Å². The zero-order valence-corrected chi connectivity index (χ0v) is 11.6. The predicted molar refractivity (Wildman–Crippen MR) is 64.6 cm³/mol. The van der Waals surface area contributed by atoms with Crippen LogP contribution in [-0.2, 0) is 16.6 Å². The number of nitrogens with zero attached hydrogens (tertiary/aromatic N) is 1. The summed E-state index contributed by atoms with van der Waals surface area (Å²) in [5, 5.41) is 3.50. The van der Waals surface area contributed by atoms with Crippen molar-refractivity contribution in [3.63, 3.8) is 0 Å². The highest BCUT2D eigenvalue weighted by atomic mass is 79.9. The molecule has 1 aromatic carbocycles. The highest BCUT2D eigenvalue weighted by Gasteiger charge is 2.23. The first-order valence-corrected chi connectivity index (χ1v) is 7.21. The minimum atomic E-state index is -4.13. The Morgan fingerprint density at radius 3 is 2.68 bits per heavy atom. The summed E-state index contributed by atoms with van der Waals surface area (Å²) in [6.45, 7) is -0.165. The Bertz CT molecular complexity index is 666. The summed E-state index contributed by atoms with van der Waals surface area (Å²) in [4.78, 5) is -0.655. The second-order valence-corrected chi connectivity index (χ2v) is 6.07. The molecule has 0 atom stereocenters. The number of benzene rings is 1. The quantitative estimate of drug-likeness (QED) is 0.915. The molecule has 0 bridgehead atoms. The van der Waals surface area contributed by atoms with Gasteiger partial charge in [0.25, 0.3) is 0 Å². The largest absolute Gasteiger partial charge is 0.364 e. The first kappa shape index (κ1) is 14.1. The highest BCUT2D eigenvalue weighted by Crippen LogP contribution is 2.26. The number of rotatable bonds is 4. The van der Waals surface area contributed by atoms with Crippen molar-refractivity contribution in [2.75, 3.05) is 0 Å². The van der Waals surface area contributed by atoms with Gasteiger partial charge in [0.1, 0.15) is 22.8 Å². The predicted octanol–water partition coefficient (Wildman–Crippen LogP) is 2.19. The SMILES string of the molecule is O=S(=O)(NCc1ccon1)c1c(F)cc(F)cc1Br. The Morgan fingerprint density at radius 2 is 2.11 bits per heavy atom. The van der Waals surface area contributed by atoms with Crippen molar-refractivity contribution in [2.24, 2.45) is 0 Å². The van der Waals surface area contributed by atoms with Crippen LogP contribution in [0.4, 0.5) is 8.78 Å². The minimum Gasteiger partial charge on any atom is -0.364 e. The fourth-order valence-electron chi connectivity index (χ4n) is 1.36. The van der Waals surface area contributed by atoms with E-state index in [4.69, 9.17) is 0 Å². The van der Waals surface area contributed by atoms with Crippen LogP contribution in [0.25, 0.3) is 0 Å². The lowest BCUT2D eigenvalue weighted by Crippen LogP contribution is -2.25. The molecular weight excluding hydrogens is 346 g/mol. The highest BCUT2D eigenvalue weighted by molar-refractivity contribution is 9.10. The van der Waals surface area contributed by atoms with E-state index in [1.807, 2.05) is 0 Å². The molecule has 1 N–H and O–H groups in total. The lowest BCUT2D eigenvalue weighted by molar-refractivity contribution is 0.411. The monoisotopic (exact) mass is 352 g/mol. The molecule has 2 rings (SSSR count). The third-order valence-corrected chi connectivity index (χ3v) is 4.53. The van der Waals surface area contributed by atoms with Gasteiger partial charge in [0.15, 0.2) is 0 Å². The van der Waals surface area contributed by atoms with E-state index >= 15 is 0 Å². The van der Waals surface area contributed by atoms with Gasteiger partial charge in [0.05, 0.1) is 12.2 Å². The van der Waals surface area contributed by atoms with Gasteiger partial charge in [-0.15, -0.1) is 0 Å². The molecule has 0 spiro atoms. The van der Waals surface area contributed by atoms with Gasteiger partial charge in [-0.05, 0) is 22.0 Å². The van der Waals surface area contributed by atoms with Gasteiger partial charge in [0.2, 0.25) is 10.0 Å². The molecule has 0 fully saturated rings. The number of hydrogen-bond donors (Lipinski definition) is 1. The Kier molecular flexibility index (Phi) is 3.97. The van der Waals surface area contributed by atoms with Crippen LogP contribution in [0, 0.1) is 11.6 Å². The van der Waals surface area contributed by atoms with Crippen molar-refractivity contribution in [2.45, 2.75) is 11.4 Å². The van der Waals surface area contributed by atoms with E-state index in [9.17, 15) is 17.2 Å². The summed E-state index contributed by atoms with van der Waals surface area (Å²) in [7, 11) is -4.13. The van der Waals surface area contributed by atoms with Gasteiger partial charge in [-0.25, -0.2) is 21.9 Å². The maximum atomic E-state index is 13.5. The van der Waals surface area contributed by atoms with Crippen molar-refractivity contribution in [3.05, 3.63) is 46.3 Å². The average molecular weight is 353 g/mol. The van der Waals surface area contributed by atoms with Crippen LogP contribution in [0.3, 0.4) is 0 Å². The van der Waals surface area contributed by atoms with E-state index in [0.717, 1.165) is 6.07 Å². The minimum absolute atomic E-state index is 0.165. The molecule has 1 aromatic heterocycles. The van der Waals surface area contributed by atoms with Crippen LogP contribution in [0.1, 0.15) is 5.69 Å². The van der Waals surface area contributed by atoms with Gasteiger partial charge in [0, 0.05) is 16.6 Å². The van der Waals surface area contributed by atoms with Crippen LogP contribution in [0.2, 0.25) is 0 Å². The molecule has 19 heavy (non-hydrogen) atoms. The number of halogens is 3. The average Bonchev–Trinajstić information content (AvgIpc) is 2.77. The Hall–Kier alpha value is -1.32. The maximum absolute atomic E-state index is 13.5. The molecule has 102 valence electrons. The van der Waals surface area contributed by atoms with Crippen molar-refractivity contribution in [1.82, 2.24) is 9.88 Å². The molecule has 5 nitrogen and oxygen atoms in total. The fourth-order valence-corrected chi connectivity index (χ4v) is 3.52. The standard InChI is InChI=1S/C10H7BrF2N2O3S/c11-8-3-6(12)4-9(13)10(8)19(16,17)14-5-7-1-2-18-15-7/h1-4,14H,5H2. The van der Waals surface area contributed by atoms with Crippen molar-refractivity contribution in [1.29, 1.82) is 0 Å². The molecule has 0 saturated heterocycles. The van der Waals surface area contributed by atoms with E-state index in [1.165, 1.54) is 12.3 Å². The Morgan fingerprint density at radius 1 is 1.37 bits per heavy atom. The molecule has 0 aliphatic rings. The number of sulfonamides is 1.